The average molecular weight is 251 g/mol. The van der Waals surface area contributed by atoms with Gasteiger partial charge in [-0.3, -0.25) is 9.63 Å². The summed E-state index contributed by atoms with van der Waals surface area (Å²) in [5.41, 5.74) is 2.18. The van der Waals surface area contributed by atoms with Crippen LogP contribution >= 0.6 is 0 Å². The smallest absolute Gasteiger partial charge is 0.284 e. The molecule has 1 saturated heterocycles. The van der Waals surface area contributed by atoms with Crippen molar-refractivity contribution in [3.63, 3.8) is 0 Å². The third-order valence-electron chi connectivity index (χ3n) is 2.64. The van der Waals surface area contributed by atoms with Crippen molar-refractivity contribution < 1.29 is 19.5 Å². The fourth-order valence-electron chi connectivity index (χ4n) is 1.88. The van der Waals surface area contributed by atoms with Crippen LogP contribution in [0.4, 0.5) is 0 Å². The first-order valence-electron chi connectivity index (χ1n) is 5.87. The molecule has 1 amide bonds. The zero-order valence-corrected chi connectivity index (χ0v) is 10.5. The molecule has 0 radical (unpaired) electrons. The largest absolute Gasteiger partial charge is 0.484 e. The number of nitrogens with zero attached hydrogens (tertiary/aromatic N) is 1. The normalized spacial score (nSPS) is 19.1. The Morgan fingerprint density at radius 2 is 2.11 bits per heavy atom. The fourth-order valence-corrected chi connectivity index (χ4v) is 1.88. The van der Waals surface area contributed by atoms with E-state index in [1.807, 2.05) is 32.0 Å². The zero-order valence-electron chi connectivity index (χ0n) is 10.5. The zero-order chi connectivity index (χ0) is 13.1. The van der Waals surface area contributed by atoms with E-state index in [2.05, 4.69) is 0 Å². The number of aryl methyl sites for hydroxylation is 2. The van der Waals surface area contributed by atoms with Gasteiger partial charge in [0.25, 0.3) is 5.91 Å². The second-order valence-corrected chi connectivity index (χ2v) is 4.52. The van der Waals surface area contributed by atoms with Crippen LogP contribution in [0.15, 0.2) is 18.2 Å². The fraction of sp³-hybridized carbons (Fsp3) is 0.462. The van der Waals surface area contributed by atoms with Gasteiger partial charge in [0.2, 0.25) is 0 Å². The molecule has 0 aliphatic carbocycles. The summed E-state index contributed by atoms with van der Waals surface area (Å²) in [7, 11) is 0. The minimum absolute atomic E-state index is 0.0877. The van der Waals surface area contributed by atoms with Gasteiger partial charge in [-0.25, -0.2) is 5.06 Å². The molecule has 1 aliphatic heterocycles. The van der Waals surface area contributed by atoms with Crippen molar-refractivity contribution in [1.29, 1.82) is 0 Å². The van der Waals surface area contributed by atoms with Crippen molar-refractivity contribution in [2.24, 2.45) is 0 Å². The maximum Gasteiger partial charge on any atom is 0.284 e. The van der Waals surface area contributed by atoms with E-state index < -0.39 is 6.10 Å². The van der Waals surface area contributed by atoms with Gasteiger partial charge >= 0.3 is 0 Å². The number of carbonyl (C=O) groups excluding carboxylic acids is 1. The number of hydrogen-bond donors (Lipinski definition) is 1. The van der Waals surface area contributed by atoms with Crippen LogP contribution in [0.3, 0.4) is 0 Å². The lowest BCUT2D eigenvalue weighted by atomic mass is 10.1. The van der Waals surface area contributed by atoms with Crippen molar-refractivity contribution in [3.05, 3.63) is 29.3 Å². The molecule has 1 N–H and O–H groups in total. The highest BCUT2D eigenvalue weighted by molar-refractivity contribution is 5.76. The lowest BCUT2D eigenvalue weighted by Gasteiger charge is -2.14. The maximum absolute atomic E-state index is 11.7. The number of rotatable bonds is 3. The summed E-state index contributed by atoms with van der Waals surface area (Å²) in [5, 5.41) is 10.4. The molecule has 98 valence electrons. The van der Waals surface area contributed by atoms with Crippen LogP contribution in [0.2, 0.25) is 0 Å². The van der Waals surface area contributed by atoms with Crippen LogP contribution < -0.4 is 4.74 Å². The highest BCUT2D eigenvalue weighted by Gasteiger charge is 2.26. The molecule has 2 rings (SSSR count). The van der Waals surface area contributed by atoms with Crippen LogP contribution in [-0.4, -0.2) is 41.9 Å². The Balaban J connectivity index is 1.89. The molecule has 5 nitrogen and oxygen atoms in total. The minimum Gasteiger partial charge on any atom is -0.484 e. The summed E-state index contributed by atoms with van der Waals surface area (Å²) in [4.78, 5) is 16.7. The van der Waals surface area contributed by atoms with E-state index in [-0.39, 0.29) is 25.7 Å². The predicted molar refractivity (Wildman–Crippen MR) is 65.1 cm³/mol. The standard InChI is InChI=1S/C13H17NO4/c1-9-3-10(2)5-12(4-9)17-8-13(16)14-6-11(15)7-18-14/h3-5,11,15H,6-8H2,1-2H3. The van der Waals surface area contributed by atoms with E-state index in [1.54, 1.807) is 0 Å². The Hall–Kier alpha value is -1.59. The highest BCUT2D eigenvalue weighted by atomic mass is 16.7. The maximum atomic E-state index is 11.7. The van der Waals surface area contributed by atoms with Crippen LogP contribution in [0.5, 0.6) is 5.75 Å². The number of hydroxylamine groups is 2. The van der Waals surface area contributed by atoms with Gasteiger partial charge in [0.15, 0.2) is 6.61 Å². The summed E-state index contributed by atoms with van der Waals surface area (Å²) in [6.45, 7) is 4.23. The predicted octanol–water partition coefficient (Wildman–Crippen LogP) is 0.817. The number of carbonyl (C=O) groups is 1. The lowest BCUT2D eigenvalue weighted by molar-refractivity contribution is -0.170. The molecule has 18 heavy (non-hydrogen) atoms. The molecule has 0 aromatic heterocycles. The molecular weight excluding hydrogens is 234 g/mol. The van der Waals surface area contributed by atoms with Crippen molar-refractivity contribution >= 4 is 5.91 Å². The first-order valence-corrected chi connectivity index (χ1v) is 5.87. The number of hydrogen-bond acceptors (Lipinski definition) is 4. The van der Waals surface area contributed by atoms with E-state index >= 15 is 0 Å². The molecule has 1 aliphatic rings. The Labute approximate surface area is 106 Å². The summed E-state index contributed by atoms with van der Waals surface area (Å²) >= 11 is 0. The van der Waals surface area contributed by atoms with Gasteiger partial charge in [0.1, 0.15) is 18.5 Å². The number of aliphatic hydroxyl groups excluding tert-OH is 1. The third-order valence-corrected chi connectivity index (χ3v) is 2.64. The van der Waals surface area contributed by atoms with Crippen molar-refractivity contribution in [3.8, 4) is 5.75 Å². The van der Waals surface area contributed by atoms with E-state index in [0.717, 1.165) is 16.2 Å². The van der Waals surface area contributed by atoms with Gasteiger partial charge in [-0.1, -0.05) is 6.07 Å². The van der Waals surface area contributed by atoms with E-state index in [1.165, 1.54) is 0 Å². The van der Waals surface area contributed by atoms with Crippen LogP contribution in [0.1, 0.15) is 11.1 Å². The van der Waals surface area contributed by atoms with Gasteiger partial charge < -0.3 is 9.84 Å². The SMILES string of the molecule is Cc1cc(C)cc(OCC(=O)N2CC(O)CO2)c1. The minimum atomic E-state index is -0.602. The Kier molecular flexibility index (Phi) is 3.84. The summed E-state index contributed by atoms with van der Waals surface area (Å²) in [6.07, 6.45) is -0.602. The first kappa shape index (κ1) is 12.9. The molecule has 1 aromatic carbocycles. The number of benzene rings is 1. The molecule has 1 heterocycles. The number of amides is 1. The third kappa shape index (κ3) is 3.21. The van der Waals surface area contributed by atoms with Gasteiger partial charge in [0.05, 0.1) is 6.54 Å². The molecule has 0 bridgehead atoms. The average Bonchev–Trinajstić information content (AvgIpc) is 2.71. The van der Waals surface area contributed by atoms with Gasteiger partial charge in [-0.2, -0.15) is 0 Å². The lowest BCUT2D eigenvalue weighted by Crippen LogP contribution is -2.32. The molecular formula is C13H17NO4. The molecule has 5 heteroatoms. The summed E-state index contributed by atoms with van der Waals surface area (Å²) < 4.78 is 5.42. The van der Waals surface area contributed by atoms with Crippen LogP contribution in [0.25, 0.3) is 0 Å². The second-order valence-electron chi connectivity index (χ2n) is 4.52. The molecule has 0 spiro atoms. The van der Waals surface area contributed by atoms with E-state index in [0.29, 0.717) is 5.75 Å². The van der Waals surface area contributed by atoms with Crippen molar-refractivity contribution in [2.45, 2.75) is 20.0 Å². The van der Waals surface area contributed by atoms with Gasteiger partial charge in [0, 0.05) is 0 Å². The van der Waals surface area contributed by atoms with E-state index in [9.17, 15) is 9.90 Å². The first-order chi connectivity index (χ1) is 8.54. The second kappa shape index (κ2) is 5.37. The van der Waals surface area contributed by atoms with Crippen molar-refractivity contribution in [2.75, 3.05) is 19.8 Å². The van der Waals surface area contributed by atoms with Crippen molar-refractivity contribution in [1.82, 2.24) is 5.06 Å². The quantitative estimate of drug-likeness (QED) is 0.864. The Morgan fingerprint density at radius 1 is 1.44 bits per heavy atom. The molecule has 1 fully saturated rings. The number of β-amino-alcohol motifs (C(OH)–C–C–N with tert-alkyl or cyclic N) is 1. The van der Waals surface area contributed by atoms with Crippen LogP contribution in [-0.2, 0) is 9.63 Å². The Bertz CT molecular complexity index is 426. The van der Waals surface area contributed by atoms with Crippen LogP contribution in [0, 0.1) is 13.8 Å². The number of aliphatic hydroxyl groups is 1. The monoisotopic (exact) mass is 251 g/mol. The summed E-state index contributed by atoms with van der Waals surface area (Å²) in [6, 6.07) is 5.79. The highest BCUT2D eigenvalue weighted by Crippen LogP contribution is 2.16. The molecule has 1 unspecified atom stereocenters. The van der Waals surface area contributed by atoms with Gasteiger partial charge in [-0.15, -0.1) is 0 Å². The molecule has 1 atom stereocenters. The summed E-state index contributed by atoms with van der Waals surface area (Å²) in [5.74, 6) is 0.381. The van der Waals surface area contributed by atoms with Gasteiger partial charge in [-0.05, 0) is 37.1 Å². The number of ether oxygens (including phenoxy) is 1. The molecule has 1 aromatic rings. The van der Waals surface area contributed by atoms with E-state index in [4.69, 9.17) is 9.57 Å². The molecule has 0 saturated carbocycles. The topological polar surface area (TPSA) is 59.0 Å². The Morgan fingerprint density at radius 3 is 2.67 bits per heavy atom.